The fraction of sp³-hybridized carbons (Fsp3) is 0.400. The van der Waals surface area contributed by atoms with Crippen LogP contribution in [0.4, 0.5) is 5.69 Å². The zero-order chi connectivity index (χ0) is 13.8. The van der Waals surface area contributed by atoms with Crippen molar-refractivity contribution in [3.63, 3.8) is 0 Å². The second-order valence-electron chi connectivity index (χ2n) is 5.05. The second kappa shape index (κ2) is 5.96. The zero-order valence-corrected chi connectivity index (χ0v) is 11.5. The lowest BCUT2D eigenvalue weighted by Crippen LogP contribution is -2.34. The van der Waals surface area contributed by atoms with E-state index in [0.29, 0.717) is 12.3 Å². The van der Waals surface area contributed by atoms with E-state index in [0.717, 1.165) is 44.2 Å². The minimum Gasteiger partial charge on any atom is -0.491 e. The summed E-state index contributed by atoms with van der Waals surface area (Å²) >= 11 is 0. The number of imidazole rings is 1. The molecule has 0 atom stereocenters. The van der Waals surface area contributed by atoms with Crippen LogP contribution in [0.1, 0.15) is 12.2 Å². The first-order valence-corrected chi connectivity index (χ1v) is 7.02. The van der Waals surface area contributed by atoms with Gasteiger partial charge in [-0.05, 0) is 18.6 Å². The summed E-state index contributed by atoms with van der Waals surface area (Å²) in [5.74, 6) is 1.94. The van der Waals surface area contributed by atoms with E-state index in [1.807, 2.05) is 36.7 Å². The van der Waals surface area contributed by atoms with Gasteiger partial charge in [-0.25, -0.2) is 4.98 Å². The van der Waals surface area contributed by atoms with Crippen molar-refractivity contribution in [1.29, 1.82) is 0 Å². The topological polar surface area (TPSA) is 56.3 Å². The van der Waals surface area contributed by atoms with Crippen molar-refractivity contribution in [2.75, 3.05) is 25.4 Å². The van der Waals surface area contributed by atoms with Crippen molar-refractivity contribution in [1.82, 2.24) is 14.5 Å². The van der Waals surface area contributed by atoms with Crippen LogP contribution in [0.2, 0.25) is 0 Å². The number of aromatic nitrogens is 2. The number of fused-ring (bicyclic) bond motifs is 1. The molecular formula is C15H20N4O. The highest BCUT2D eigenvalue weighted by molar-refractivity contribution is 5.51. The fourth-order valence-electron chi connectivity index (χ4n) is 2.50. The third-order valence-electron chi connectivity index (χ3n) is 3.62. The van der Waals surface area contributed by atoms with Crippen LogP contribution in [0, 0.1) is 0 Å². The van der Waals surface area contributed by atoms with E-state index in [2.05, 4.69) is 14.5 Å². The molecule has 2 aromatic rings. The van der Waals surface area contributed by atoms with E-state index >= 15 is 0 Å². The SMILES string of the molecule is Nc1ccccc1OCCCN1CCn2ccnc2C1. The first-order chi connectivity index (χ1) is 9.83. The molecule has 3 rings (SSSR count). The van der Waals surface area contributed by atoms with Gasteiger partial charge in [0.2, 0.25) is 0 Å². The van der Waals surface area contributed by atoms with Crippen molar-refractivity contribution < 1.29 is 4.74 Å². The highest BCUT2D eigenvalue weighted by atomic mass is 16.5. The smallest absolute Gasteiger partial charge is 0.142 e. The number of nitrogens with zero attached hydrogens (tertiary/aromatic N) is 3. The molecule has 1 aromatic carbocycles. The van der Waals surface area contributed by atoms with Crippen LogP contribution in [0.25, 0.3) is 0 Å². The van der Waals surface area contributed by atoms with Gasteiger partial charge in [0.15, 0.2) is 0 Å². The van der Waals surface area contributed by atoms with Crippen LogP contribution in [-0.2, 0) is 13.1 Å². The van der Waals surface area contributed by atoms with Crippen LogP contribution < -0.4 is 10.5 Å². The Kier molecular flexibility index (Phi) is 3.87. The quantitative estimate of drug-likeness (QED) is 0.665. The molecule has 2 N–H and O–H groups in total. The minimum absolute atomic E-state index is 0.694. The lowest BCUT2D eigenvalue weighted by atomic mass is 10.3. The number of benzene rings is 1. The Labute approximate surface area is 119 Å². The summed E-state index contributed by atoms with van der Waals surface area (Å²) in [5.41, 5.74) is 6.54. The largest absolute Gasteiger partial charge is 0.491 e. The maximum atomic E-state index is 5.84. The number of ether oxygens (including phenoxy) is 1. The molecule has 1 aliphatic heterocycles. The molecule has 0 unspecified atom stereocenters. The van der Waals surface area contributed by atoms with E-state index in [9.17, 15) is 0 Å². The molecule has 0 spiro atoms. The van der Waals surface area contributed by atoms with E-state index < -0.39 is 0 Å². The molecule has 106 valence electrons. The van der Waals surface area contributed by atoms with Crippen LogP contribution in [0.3, 0.4) is 0 Å². The fourth-order valence-corrected chi connectivity index (χ4v) is 2.50. The molecule has 0 saturated carbocycles. The number of nitrogens with two attached hydrogens (primary N) is 1. The van der Waals surface area contributed by atoms with Crippen LogP contribution in [0.5, 0.6) is 5.75 Å². The highest BCUT2D eigenvalue weighted by Crippen LogP contribution is 2.19. The summed E-state index contributed by atoms with van der Waals surface area (Å²) in [6, 6.07) is 7.63. The van der Waals surface area contributed by atoms with Gasteiger partial charge >= 0.3 is 0 Å². The predicted octanol–water partition coefficient (Wildman–Crippen LogP) is 1.75. The Morgan fingerprint density at radius 1 is 1.25 bits per heavy atom. The monoisotopic (exact) mass is 272 g/mol. The molecule has 0 saturated heterocycles. The van der Waals surface area contributed by atoms with Crippen molar-refractivity contribution in [2.24, 2.45) is 0 Å². The van der Waals surface area contributed by atoms with E-state index in [1.165, 1.54) is 0 Å². The molecule has 2 heterocycles. The number of hydrogen-bond donors (Lipinski definition) is 1. The molecule has 0 bridgehead atoms. The zero-order valence-electron chi connectivity index (χ0n) is 11.5. The predicted molar refractivity (Wildman–Crippen MR) is 78.5 cm³/mol. The maximum absolute atomic E-state index is 5.84. The molecule has 0 aliphatic carbocycles. The summed E-state index contributed by atoms with van der Waals surface area (Å²) in [4.78, 5) is 6.78. The van der Waals surface area contributed by atoms with Crippen molar-refractivity contribution >= 4 is 5.69 Å². The molecule has 20 heavy (non-hydrogen) atoms. The minimum atomic E-state index is 0.694. The van der Waals surface area contributed by atoms with Gasteiger partial charge in [-0.1, -0.05) is 12.1 Å². The van der Waals surface area contributed by atoms with Crippen molar-refractivity contribution in [3.05, 3.63) is 42.5 Å². The number of para-hydroxylation sites is 2. The lowest BCUT2D eigenvalue weighted by Gasteiger charge is -2.27. The maximum Gasteiger partial charge on any atom is 0.142 e. The Morgan fingerprint density at radius 3 is 3.05 bits per heavy atom. The molecule has 1 aliphatic rings. The van der Waals surface area contributed by atoms with Gasteiger partial charge < -0.3 is 15.0 Å². The Balaban J connectivity index is 1.42. The van der Waals surface area contributed by atoms with Gasteiger partial charge in [-0.15, -0.1) is 0 Å². The van der Waals surface area contributed by atoms with E-state index in [-0.39, 0.29) is 0 Å². The van der Waals surface area contributed by atoms with Crippen LogP contribution in [0.15, 0.2) is 36.7 Å². The molecule has 1 aromatic heterocycles. The molecule has 0 fully saturated rings. The number of anilines is 1. The molecule has 5 heteroatoms. The Bertz CT molecular complexity index is 567. The summed E-state index contributed by atoms with van der Waals surface area (Å²) < 4.78 is 7.93. The van der Waals surface area contributed by atoms with Gasteiger partial charge in [0, 0.05) is 32.0 Å². The highest BCUT2D eigenvalue weighted by Gasteiger charge is 2.15. The number of nitrogen functional groups attached to an aromatic ring is 1. The average Bonchev–Trinajstić information content (AvgIpc) is 2.93. The van der Waals surface area contributed by atoms with Gasteiger partial charge in [0.25, 0.3) is 0 Å². The van der Waals surface area contributed by atoms with Gasteiger partial charge in [-0.2, -0.15) is 0 Å². The standard InChI is InChI=1S/C15H20N4O/c16-13-4-1-2-5-14(13)20-11-3-7-18-9-10-19-8-6-17-15(19)12-18/h1-2,4-6,8H,3,7,9-12,16H2. The third-order valence-corrected chi connectivity index (χ3v) is 3.62. The summed E-state index contributed by atoms with van der Waals surface area (Å²) in [5, 5.41) is 0. The van der Waals surface area contributed by atoms with E-state index in [1.54, 1.807) is 0 Å². The molecule has 5 nitrogen and oxygen atoms in total. The molecular weight excluding hydrogens is 252 g/mol. The summed E-state index contributed by atoms with van der Waals surface area (Å²) in [6.07, 6.45) is 4.92. The van der Waals surface area contributed by atoms with E-state index in [4.69, 9.17) is 10.5 Å². The summed E-state index contributed by atoms with van der Waals surface area (Å²) in [7, 11) is 0. The van der Waals surface area contributed by atoms with Crippen LogP contribution >= 0.6 is 0 Å². The second-order valence-corrected chi connectivity index (χ2v) is 5.05. The Hall–Kier alpha value is -2.01. The number of rotatable bonds is 5. The average molecular weight is 272 g/mol. The lowest BCUT2D eigenvalue weighted by molar-refractivity contribution is 0.195. The molecule has 0 amide bonds. The van der Waals surface area contributed by atoms with Crippen molar-refractivity contribution in [3.8, 4) is 5.75 Å². The Morgan fingerprint density at radius 2 is 2.15 bits per heavy atom. The first kappa shape index (κ1) is 13.0. The van der Waals surface area contributed by atoms with Crippen LogP contribution in [-0.4, -0.2) is 34.1 Å². The number of hydrogen-bond acceptors (Lipinski definition) is 4. The van der Waals surface area contributed by atoms with Gasteiger partial charge in [0.1, 0.15) is 11.6 Å². The first-order valence-electron chi connectivity index (χ1n) is 7.02. The third kappa shape index (κ3) is 2.93. The molecule has 0 radical (unpaired) electrons. The van der Waals surface area contributed by atoms with Crippen molar-refractivity contribution in [2.45, 2.75) is 19.5 Å². The van der Waals surface area contributed by atoms with Gasteiger partial charge in [-0.3, -0.25) is 4.90 Å². The normalized spacial score (nSPS) is 15.0. The van der Waals surface area contributed by atoms with Gasteiger partial charge in [0.05, 0.1) is 18.8 Å². The summed E-state index contributed by atoms with van der Waals surface area (Å²) in [6.45, 7) is 4.76.